The summed E-state index contributed by atoms with van der Waals surface area (Å²) in [5.74, 6) is -0.244. The Morgan fingerprint density at radius 3 is 2.38 bits per heavy atom. The summed E-state index contributed by atoms with van der Waals surface area (Å²) in [6, 6.07) is 9.74. The summed E-state index contributed by atoms with van der Waals surface area (Å²) in [5, 5.41) is 0. The van der Waals surface area contributed by atoms with Gasteiger partial charge >= 0.3 is 0 Å². The molecule has 0 heterocycles. The van der Waals surface area contributed by atoms with Crippen molar-refractivity contribution < 1.29 is 9.59 Å². The molecule has 0 spiro atoms. The quantitative estimate of drug-likeness (QED) is 0.669. The molecule has 2 aliphatic carbocycles. The fraction of sp³-hybridized carbons (Fsp3) is 0.286. The highest BCUT2D eigenvalue weighted by Gasteiger charge is 2.43. The molecule has 0 N–H and O–H groups in total. The summed E-state index contributed by atoms with van der Waals surface area (Å²) >= 11 is 0. The highest BCUT2D eigenvalue weighted by molar-refractivity contribution is 6.19. The first-order chi connectivity index (χ1) is 7.77. The highest BCUT2D eigenvalue weighted by atomic mass is 16.2. The Morgan fingerprint density at radius 2 is 1.62 bits per heavy atom. The summed E-state index contributed by atoms with van der Waals surface area (Å²) in [4.78, 5) is 23.7. The number of Topliss-reactive ketones (excluding diaryl/α,β-unsaturated/α-hetero) is 1. The number of rotatable bonds is 1. The van der Waals surface area contributed by atoms with Gasteiger partial charge in [0.05, 0.1) is 5.92 Å². The minimum absolute atomic E-state index is 0.00222. The molecule has 2 atom stereocenters. The van der Waals surface area contributed by atoms with E-state index in [4.69, 9.17) is 0 Å². The zero-order valence-corrected chi connectivity index (χ0v) is 8.85. The van der Waals surface area contributed by atoms with E-state index in [2.05, 4.69) is 0 Å². The van der Waals surface area contributed by atoms with Crippen molar-refractivity contribution in [2.24, 2.45) is 11.8 Å². The van der Waals surface area contributed by atoms with E-state index in [-0.39, 0.29) is 23.4 Å². The van der Waals surface area contributed by atoms with Gasteiger partial charge in [-0.3, -0.25) is 9.59 Å². The molecular weight excluding hydrogens is 200 g/mol. The highest BCUT2D eigenvalue weighted by Crippen LogP contribution is 2.41. The molecule has 0 saturated heterocycles. The topological polar surface area (TPSA) is 34.1 Å². The Kier molecular flexibility index (Phi) is 2.03. The third-order valence-electron chi connectivity index (χ3n) is 3.55. The number of ketones is 2. The maximum absolute atomic E-state index is 11.9. The van der Waals surface area contributed by atoms with Crippen LogP contribution in [0.25, 0.3) is 5.57 Å². The predicted octanol–water partition coefficient (Wildman–Crippen LogP) is 2.25. The minimum atomic E-state index is -0.336. The van der Waals surface area contributed by atoms with Crippen LogP contribution in [0.3, 0.4) is 0 Å². The van der Waals surface area contributed by atoms with E-state index in [1.807, 2.05) is 30.3 Å². The molecule has 2 bridgehead atoms. The molecule has 1 aromatic carbocycles. The number of carbonyl (C=O) groups is 2. The van der Waals surface area contributed by atoms with Crippen molar-refractivity contribution in [3.05, 3.63) is 42.0 Å². The first-order valence-corrected chi connectivity index (χ1v) is 5.62. The smallest absolute Gasteiger partial charge is 0.166 e. The Labute approximate surface area is 94.0 Å². The average molecular weight is 212 g/mol. The van der Waals surface area contributed by atoms with Crippen molar-refractivity contribution in [3.8, 4) is 0 Å². The number of fused-ring (bicyclic) bond motifs is 2. The normalized spacial score (nSPS) is 28.1. The zero-order chi connectivity index (χ0) is 11.1. The Balaban J connectivity index is 2.09. The molecule has 0 aliphatic heterocycles. The largest absolute Gasteiger partial charge is 0.298 e. The number of benzene rings is 1. The lowest BCUT2D eigenvalue weighted by molar-refractivity contribution is -0.129. The van der Waals surface area contributed by atoms with Gasteiger partial charge in [-0.2, -0.15) is 0 Å². The number of carbonyl (C=O) groups excluding carboxylic acids is 2. The fourth-order valence-electron chi connectivity index (χ4n) is 2.72. The van der Waals surface area contributed by atoms with Gasteiger partial charge in [-0.25, -0.2) is 0 Å². The van der Waals surface area contributed by atoms with Crippen molar-refractivity contribution in [2.45, 2.75) is 12.8 Å². The standard InChI is InChI=1S/C14H12O2/c15-13-8-12(9-4-2-1-3-5-9)10-6-7-11(13)14(10)16/h1-5,8,10-11H,6-7H2/t10-,11+/m1/s1. The molecule has 16 heavy (non-hydrogen) atoms. The molecule has 0 amide bonds. The Morgan fingerprint density at radius 1 is 0.938 bits per heavy atom. The van der Waals surface area contributed by atoms with Gasteiger partial charge in [0.1, 0.15) is 0 Å². The van der Waals surface area contributed by atoms with E-state index in [0.29, 0.717) is 0 Å². The van der Waals surface area contributed by atoms with Gasteiger partial charge in [-0.15, -0.1) is 0 Å². The van der Waals surface area contributed by atoms with Crippen LogP contribution >= 0.6 is 0 Å². The van der Waals surface area contributed by atoms with E-state index in [1.54, 1.807) is 6.08 Å². The van der Waals surface area contributed by atoms with Gasteiger partial charge in [0.2, 0.25) is 0 Å². The van der Waals surface area contributed by atoms with Crippen LogP contribution in [-0.4, -0.2) is 11.6 Å². The summed E-state index contributed by atoms with van der Waals surface area (Å²) in [5.41, 5.74) is 1.93. The fourth-order valence-corrected chi connectivity index (χ4v) is 2.72. The second kappa shape index (κ2) is 3.41. The second-order valence-electron chi connectivity index (χ2n) is 4.45. The van der Waals surface area contributed by atoms with Gasteiger partial charge in [-0.1, -0.05) is 30.3 Å². The number of hydrogen-bond acceptors (Lipinski definition) is 2. The van der Waals surface area contributed by atoms with Crippen molar-refractivity contribution >= 4 is 17.1 Å². The van der Waals surface area contributed by atoms with Crippen LogP contribution in [0.1, 0.15) is 18.4 Å². The molecule has 1 saturated carbocycles. The van der Waals surface area contributed by atoms with Crippen LogP contribution in [0, 0.1) is 11.8 Å². The van der Waals surface area contributed by atoms with E-state index in [1.165, 1.54) is 0 Å². The van der Waals surface area contributed by atoms with Crippen molar-refractivity contribution in [1.82, 2.24) is 0 Å². The SMILES string of the molecule is O=C1C=C(c2ccccc2)[C@H]2CC[C@@H]1C2=O. The van der Waals surface area contributed by atoms with Gasteiger partial charge < -0.3 is 0 Å². The van der Waals surface area contributed by atoms with Crippen LogP contribution in [0.4, 0.5) is 0 Å². The molecule has 1 fully saturated rings. The van der Waals surface area contributed by atoms with Crippen molar-refractivity contribution in [1.29, 1.82) is 0 Å². The van der Waals surface area contributed by atoms with Gasteiger partial charge in [0.25, 0.3) is 0 Å². The van der Waals surface area contributed by atoms with Crippen LogP contribution in [0.2, 0.25) is 0 Å². The van der Waals surface area contributed by atoms with Gasteiger partial charge in [0, 0.05) is 5.92 Å². The van der Waals surface area contributed by atoms with Crippen LogP contribution in [-0.2, 0) is 9.59 Å². The molecule has 0 radical (unpaired) electrons. The average Bonchev–Trinajstić information content (AvgIpc) is 2.58. The monoisotopic (exact) mass is 212 g/mol. The summed E-state index contributed by atoms with van der Waals surface area (Å²) < 4.78 is 0. The number of hydrogen-bond donors (Lipinski definition) is 0. The lowest BCUT2D eigenvalue weighted by Gasteiger charge is -2.18. The van der Waals surface area contributed by atoms with E-state index in [0.717, 1.165) is 24.0 Å². The summed E-state index contributed by atoms with van der Waals surface area (Å²) in [6.45, 7) is 0. The van der Waals surface area contributed by atoms with Gasteiger partial charge in [-0.05, 0) is 30.1 Å². The maximum Gasteiger partial charge on any atom is 0.166 e. The summed E-state index contributed by atoms with van der Waals surface area (Å²) in [7, 11) is 0. The van der Waals surface area contributed by atoms with E-state index in [9.17, 15) is 9.59 Å². The molecule has 0 unspecified atom stereocenters. The first-order valence-electron chi connectivity index (χ1n) is 5.62. The molecule has 0 aromatic heterocycles. The third-order valence-corrected chi connectivity index (χ3v) is 3.55. The first kappa shape index (κ1) is 9.52. The molecule has 1 aromatic rings. The lowest BCUT2D eigenvalue weighted by atomic mass is 9.83. The van der Waals surface area contributed by atoms with Gasteiger partial charge in [0.15, 0.2) is 11.6 Å². The molecular formula is C14H12O2. The van der Waals surface area contributed by atoms with Crippen LogP contribution in [0.15, 0.2) is 36.4 Å². The maximum atomic E-state index is 11.9. The van der Waals surface area contributed by atoms with Crippen molar-refractivity contribution in [2.75, 3.05) is 0 Å². The lowest BCUT2D eigenvalue weighted by Crippen LogP contribution is -2.26. The zero-order valence-electron chi connectivity index (χ0n) is 8.85. The third kappa shape index (κ3) is 1.26. The Hall–Kier alpha value is -1.70. The van der Waals surface area contributed by atoms with Crippen molar-refractivity contribution in [3.63, 3.8) is 0 Å². The Bertz CT molecular complexity index is 485. The van der Waals surface area contributed by atoms with Crippen LogP contribution < -0.4 is 0 Å². The molecule has 3 rings (SSSR count). The molecule has 2 nitrogen and oxygen atoms in total. The van der Waals surface area contributed by atoms with Crippen LogP contribution in [0.5, 0.6) is 0 Å². The molecule has 2 heteroatoms. The molecule has 80 valence electrons. The predicted molar refractivity (Wildman–Crippen MR) is 60.6 cm³/mol. The van der Waals surface area contributed by atoms with E-state index >= 15 is 0 Å². The minimum Gasteiger partial charge on any atom is -0.298 e. The molecule has 2 aliphatic rings. The number of allylic oxidation sites excluding steroid dienone is 2. The summed E-state index contributed by atoms with van der Waals surface area (Å²) in [6.07, 6.45) is 3.24. The second-order valence-corrected chi connectivity index (χ2v) is 4.45. The van der Waals surface area contributed by atoms with E-state index < -0.39 is 0 Å².